The molecule has 1 aliphatic carbocycles. The van der Waals surface area contributed by atoms with Gasteiger partial charge >= 0.3 is 0 Å². The molecule has 0 unspecified atom stereocenters. The van der Waals surface area contributed by atoms with Crippen molar-refractivity contribution in [2.75, 3.05) is 5.73 Å². The zero-order valence-corrected chi connectivity index (χ0v) is 7.51. The molecule has 0 atom stereocenters. The van der Waals surface area contributed by atoms with Gasteiger partial charge in [0.2, 0.25) is 0 Å². The maximum Gasteiger partial charge on any atom is 0.0316 e. The van der Waals surface area contributed by atoms with E-state index in [1.165, 1.54) is 24.8 Å². The Morgan fingerprint density at radius 3 is 2.67 bits per heavy atom. The fourth-order valence-electron chi connectivity index (χ4n) is 1.87. The summed E-state index contributed by atoms with van der Waals surface area (Å²) < 4.78 is 0. The highest BCUT2D eigenvalue weighted by molar-refractivity contribution is 5.45. The molecule has 0 radical (unpaired) electrons. The van der Waals surface area contributed by atoms with Crippen LogP contribution < -0.4 is 5.73 Å². The second kappa shape index (κ2) is 2.51. The summed E-state index contributed by atoms with van der Waals surface area (Å²) in [6.45, 7) is 2.26. The summed E-state index contributed by atoms with van der Waals surface area (Å²) in [4.78, 5) is 0. The van der Waals surface area contributed by atoms with Crippen LogP contribution in [0.2, 0.25) is 0 Å². The van der Waals surface area contributed by atoms with Crippen LogP contribution >= 0.6 is 0 Å². The Hall–Kier alpha value is -0.980. The average molecular weight is 161 g/mol. The molecular formula is C11H15N. The first-order valence-corrected chi connectivity index (χ1v) is 4.63. The summed E-state index contributed by atoms with van der Waals surface area (Å²) >= 11 is 0. The van der Waals surface area contributed by atoms with E-state index < -0.39 is 0 Å². The van der Waals surface area contributed by atoms with Gasteiger partial charge in [0, 0.05) is 5.69 Å². The SMILES string of the molecule is CCC1(c2cccc(N)c2)CC1. The molecule has 2 N–H and O–H groups in total. The molecule has 1 aliphatic rings. The fourth-order valence-corrected chi connectivity index (χ4v) is 1.87. The number of benzene rings is 1. The monoisotopic (exact) mass is 161 g/mol. The standard InChI is InChI=1S/C11H15N/c1-2-11(6-7-11)9-4-3-5-10(12)8-9/h3-5,8H,2,6-7,12H2,1H3. The maximum atomic E-state index is 5.74. The lowest BCUT2D eigenvalue weighted by molar-refractivity contribution is 0.664. The highest BCUT2D eigenvalue weighted by Crippen LogP contribution is 2.50. The van der Waals surface area contributed by atoms with Crippen LogP contribution in [0.4, 0.5) is 5.69 Å². The predicted molar refractivity (Wildman–Crippen MR) is 52.1 cm³/mol. The van der Waals surface area contributed by atoms with Crippen LogP contribution in [-0.4, -0.2) is 0 Å². The minimum atomic E-state index is 0.495. The van der Waals surface area contributed by atoms with Gasteiger partial charge < -0.3 is 5.73 Å². The van der Waals surface area contributed by atoms with Crippen LogP contribution in [0.15, 0.2) is 24.3 Å². The van der Waals surface area contributed by atoms with Crippen molar-refractivity contribution in [2.24, 2.45) is 0 Å². The quantitative estimate of drug-likeness (QED) is 0.663. The lowest BCUT2D eigenvalue weighted by Crippen LogP contribution is -2.04. The first-order valence-electron chi connectivity index (χ1n) is 4.63. The molecule has 1 nitrogen and oxygen atoms in total. The Labute approximate surface area is 73.6 Å². The molecule has 1 aromatic carbocycles. The predicted octanol–water partition coefficient (Wildman–Crippen LogP) is 2.71. The summed E-state index contributed by atoms with van der Waals surface area (Å²) in [5.74, 6) is 0. The number of anilines is 1. The molecule has 0 aromatic heterocycles. The molecule has 0 heterocycles. The molecule has 0 spiro atoms. The molecule has 1 fully saturated rings. The Balaban J connectivity index is 2.34. The van der Waals surface area contributed by atoms with E-state index >= 15 is 0 Å². The topological polar surface area (TPSA) is 26.0 Å². The summed E-state index contributed by atoms with van der Waals surface area (Å²) in [6, 6.07) is 8.33. The van der Waals surface area contributed by atoms with Gasteiger partial charge in [0.15, 0.2) is 0 Å². The molecule has 1 saturated carbocycles. The minimum Gasteiger partial charge on any atom is -0.399 e. The van der Waals surface area contributed by atoms with E-state index in [2.05, 4.69) is 25.1 Å². The smallest absolute Gasteiger partial charge is 0.0316 e. The van der Waals surface area contributed by atoms with E-state index in [1.54, 1.807) is 0 Å². The van der Waals surface area contributed by atoms with Crippen molar-refractivity contribution in [1.82, 2.24) is 0 Å². The van der Waals surface area contributed by atoms with Crippen molar-refractivity contribution in [3.8, 4) is 0 Å². The van der Waals surface area contributed by atoms with Crippen LogP contribution in [0, 0.1) is 0 Å². The van der Waals surface area contributed by atoms with E-state index in [0.717, 1.165) is 5.69 Å². The summed E-state index contributed by atoms with van der Waals surface area (Å²) in [6.07, 6.45) is 3.93. The van der Waals surface area contributed by atoms with E-state index in [9.17, 15) is 0 Å². The second-order valence-electron chi connectivity index (χ2n) is 3.76. The van der Waals surface area contributed by atoms with Crippen LogP contribution in [0.1, 0.15) is 31.7 Å². The van der Waals surface area contributed by atoms with Gasteiger partial charge in [0.25, 0.3) is 0 Å². The van der Waals surface area contributed by atoms with Gasteiger partial charge in [-0.05, 0) is 42.4 Å². The van der Waals surface area contributed by atoms with E-state index in [1.807, 2.05) is 6.07 Å². The van der Waals surface area contributed by atoms with Gasteiger partial charge in [0.05, 0.1) is 0 Å². The molecule has 12 heavy (non-hydrogen) atoms. The maximum absolute atomic E-state index is 5.74. The molecule has 0 aliphatic heterocycles. The van der Waals surface area contributed by atoms with Crippen molar-refractivity contribution < 1.29 is 0 Å². The van der Waals surface area contributed by atoms with E-state index in [0.29, 0.717) is 5.41 Å². The van der Waals surface area contributed by atoms with Crippen LogP contribution in [0.3, 0.4) is 0 Å². The fraction of sp³-hybridized carbons (Fsp3) is 0.455. The minimum absolute atomic E-state index is 0.495. The molecular weight excluding hydrogens is 146 g/mol. The highest BCUT2D eigenvalue weighted by atomic mass is 14.6. The Morgan fingerprint density at radius 1 is 1.42 bits per heavy atom. The molecule has 0 saturated heterocycles. The molecule has 0 amide bonds. The third-order valence-electron chi connectivity index (χ3n) is 3.03. The molecule has 1 heteroatoms. The average Bonchev–Trinajstić information content (AvgIpc) is 2.84. The summed E-state index contributed by atoms with van der Waals surface area (Å²) in [7, 11) is 0. The largest absolute Gasteiger partial charge is 0.399 e. The van der Waals surface area contributed by atoms with Crippen molar-refractivity contribution >= 4 is 5.69 Å². The van der Waals surface area contributed by atoms with Gasteiger partial charge in [-0.2, -0.15) is 0 Å². The van der Waals surface area contributed by atoms with Crippen LogP contribution in [0.25, 0.3) is 0 Å². The lowest BCUT2D eigenvalue weighted by Gasteiger charge is -2.12. The van der Waals surface area contributed by atoms with Crippen molar-refractivity contribution in [2.45, 2.75) is 31.6 Å². The molecule has 64 valence electrons. The van der Waals surface area contributed by atoms with Crippen molar-refractivity contribution in [3.05, 3.63) is 29.8 Å². The first kappa shape index (κ1) is 7.66. The number of nitrogens with two attached hydrogens (primary N) is 1. The third kappa shape index (κ3) is 1.09. The Morgan fingerprint density at radius 2 is 2.17 bits per heavy atom. The van der Waals surface area contributed by atoms with Crippen LogP contribution in [0.5, 0.6) is 0 Å². The van der Waals surface area contributed by atoms with Gasteiger partial charge in [-0.15, -0.1) is 0 Å². The van der Waals surface area contributed by atoms with Crippen LogP contribution in [-0.2, 0) is 5.41 Å². The lowest BCUT2D eigenvalue weighted by atomic mass is 9.93. The summed E-state index contributed by atoms with van der Waals surface area (Å²) in [5, 5.41) is 0. The highest BCUT2D eigenvalue weighted by Gasteiger charge is 2.42. The first-order chi connectivity index (χ1) is 5.77. The van der Waals surface area contributed by atoms with Gasteiger partial charge in [-0.3, -0.25) is 0 Å². The van der Waals surface area contributed by atoms with Gasteiger partial charge in [-0.25, -0.2) is 0 Å². The normalized spacial score (nSPS) is 19.1. The number of hydrogen-bond donors (Lipinski definition) is 1. The van der Waals surface area contributed by atoms with Gasteiger partial charge in [0.1, 0.15) is 0 Å². The Bertz CT molecular complexity index is 287. The zero-order valence-electron chi connectivity index (χ0n) is 7.51. The molecule has 0 bridgehead atoms. The van der Waals surface area contributed by atoms with E-state index in [-0.39, 0.29) is 0 Å². The van der Waals surface area contributed by atoms with Gasteiger partial charge in [-0.1, -0.05) is 19.1 Å². The number of nitrogen functional groups attached to an aromatic ring is 1. The summed E-state index contributed by atoms with van der Waals surface area (Å²) in [5.41, 5.74) is 8.56. The molecule has 1 aromatic rings. The second-order valence-corrected chi connectivity index (χ2v) is 3.76. The van der Waals surface area contributed by atoms with Crippen molar-refractivity contribution in [3.63, 3.8) is 0 Å². The number of rotatable bonds is 2. The van der Waals surface area contributed by atoms with E-state index in [4.69, 9.17) is 5.73 Å². The Kier molecular flexibility index (Phi) is 1.60. The molecule has 2 rings (SSSR count). The number of hydrogen-bond acceptors (Lipinski definition) is 1. The third-order valence-corrected chi connectivity index (χ3v) is 3.03. The van der Waals surface area contributed by atoms with Crippen molar-refractivity contribution in [1.29, 1.82) is 0 Å². The zero-order chi connectivity index (χ0) is 8.60.